The Hall–Kier alpha value is -3.69. The standard InChI is InChI=1S/C29H33N3O5S/c1-30(27(29(34)35)22-23-10-4-2-5-11-23)28(33)24-14-16-25(17-15-24)32(21-20-31-18-8-9-19-31)38(36,37)26-12-6-3-7-13-26/h2-7,10-17,27H,8-9,18-22H2,1H3,(H,34,35)/t27-/m0/s1. The van der Waals surface area contributed by atoms with Gasteiger partial charge in [0.1, 0.15) is 6.04 Å². The number of benzene rings is 3. The lowest BCUT2D eigenvalue weighted by molar-refractivity contribution is -0.141. The maximum atomic E-state index is 13.6. The molecule has 1 aliphatic heterocycles. The smallest absolute Gasteiger partial charge is 0.326 e. The van der Waals surface area contributed by atoms with Gasteiger partial charge in [-0.2, -0.15) is 0 Å². The molecular weight excluding hydrogens is 502 g/mol. The van der Waals surface area contributed by atoms with Gasteiger partial charge in [0.05, 0.1) is 10.6 Å². The number of hydrogen-bond acceptors (Lipinski definition) is 5. The topological polar surface area (TPSA) is 98.2 Å². The Bertz CT molecular complexity index is 1330. The van der Waals surface area contributed by atoms with Gasteiger partial charge in [0.15, 0.2) is 0 Å². The third kappa shape index (κ3) is 6.41. The van der Waals surface area contributed by atoms with Crippen LogP contribution in [0.1, 0.15) is 28.8 Å². The van der Waals surface area contributed by atoms with E-state index >= 15 is 0 Å². The van der Waals surface area contributed by atoms with Gasteiger partial charge < -0.3 is 14.9 Å². The molecule has 0 spiro atoms. The zero-order valence-electron chi connectivity index (χ0n) is 21.4. The quantitative estimate of drug-likeness (QED) is 0.402. The third-order valence-corrected chi connectivity index (χ3v) is 8.74. The van der Waals surface area contributed by atoms with E-state index in [9.17, 15) is 23.1 Å². The van der Waals surface area contributed by atoms with Crippen LogP contribution in [0.5, 0.6) is 0 Å². The minimum Gasteiger partial charge on any atom is -0.480 e. The van der Waals surface area contributed by atoms with Gasteiger partial charge in [0.2, 0.25) is 0 Å². The molecule has 3 aromatic rings. The molecular formula is C29H33N3O5S. The summed E-state index contributed by atoms with van der Waals surface area (Å²) in [5, 5.41) is 9.79. The lowest BCUT2D eigenvalue weighted by Crippen LogP contribution is -2.43. The highest BCUT2D eigenvalue weighted by atomic mass is 32.2. The number of nitrogens with zero attached hydrogens (tertiary/aromatic N) is 3. The number of hydrogen-bond donors (Lipinski definition) is 1. The van der Waals surface area contributed by atoms with Crippen LogP contribution in [0.4, 0.5) is 5.69 Å². The van der Waals surface area contributed by atoms with Gasteiger partial charge >= 0.3 is 5.97 Å². The number of rotatable bonds is 11. The number of carboxylic acid groups (broad SMARTS) is 1. The predicted octanol–water partition coefficient (Wildman–Crippen LogP) is 3.75. The van der Waals surface area contributed by atoms with Gasteiger partial charge in [-0.15, -0.1) is 0 Å². The van der Waals surface area contributed by atoms with E-state index in [1.165, 1.54) is 16.3 Å². The van der Waals surface area contributed by atoms with Crippen molar-refractivity contribution in [2.75, 3.05) is 37.5 Å². The molecule has 1 aliphatic rings. The molecule has 1 fully saturated rings. The van der Waals surface area contributed by atoms with Gasteiger partial charge in [-0.25, -0.2) is 13.2 Å². The molecule has 1 N–H and O–H groups in total. The first-order valence-corrected chi connectivity index (χ1v) is 14.2. The number of carbonyl (C=O) groups is 2. The van der Waals surface area contributed by atoms with E-state index in [1.54, 1.807) is 54.6 Å². The van der Waals surface area contributed by atoms with Crippen molar-refractivity contribution in [3.05, 3.63) is 96.1 Å². The van der Waals surface area contributed by atoms with Crippen LogP contribution in [0.3, 0.4) is 0 Å². The molecule has 0 saturated carbocycles. The first-order valence-electron chi connectivity index (χ1n) is 12.7. The van der Waals surface area contributed by atoms with Crippen LogP contribution in [0.2, 0.25) is 0 Å². The Morgan fingerprint density at radius 2 is 1.47 bits per heavy atom. The maximum absolute atomic E-state index is 13.6. The van der Waals surface area contributed by atoms with Crippen LogP contribution >= 0.6 is 0 Å². The number of carboxylic acids is 1. The van der Waals surface area contributed by atoms with Crippen molar-refractivity contribution in [1.82, 2.24) is 9.80 Å². The normalized spacial score (nSPS) is 14.7. The van der Waals surface area contributed by atoms with Crippen LogP contribution < -0.4 is 4.31 Å². The van der Waals surface area contributed by atoms with Crippen molar-refractivity contribution in [3.8, 4) is 0 Å². The summed E-state index contributed by atoms with van der Waals surface area (Å²) < 4.78 is 28.5. The fraction of sp³-hybridized carbons (Fsp3) is 0.310. The van der Waals surface area contributed by atoms with Crippen molar-refractivity contribution in [3.63, 3.8) is 0 Å². The van der Waals surface area contributed by atoms with Gasteiger partial charge in [-0.05, 0) is 67.9 Å². The van der Waals surface area contributed by atoms with Gasteiger partial charge in [0.25, 0.3) is 15.9 Å². The molecule has 38 heavy (non-hydrogen) atoms. The average Bonchev–Trinajstić information content (AvgIpc) is 3.46. The summed E-state index contributed by atoms with van der Waals surface area (Å²) in [5.41, 5.74) is 1.55. The summed E-state index contributed by atoms with van der Waals surface area (Å²) in [6, 6.07) is 22.7. The summed E-state index contributed by atoms with van der Waals surface area (Å²) in [6.07, 6.45) is 2.39. The monoisotopic (exact) mass is 535 g/mol. The van der Waals surface area contributed by atoms with Gasteiger partial charge in [-0.3, -0.25) is 9.10 Å². The van der Waals surface area contributed by atoms with E-state index in [1.807, 2.05) is 30.3 Å². The number of sulfonamides is 1. The maximum Gasteiger partial charge on any atom is 0.326 e. The van der Waals surface area contributed by atoms with Crippen molar-refractivity contribution in [2.45, 2.75) is 30.2 Å². The van der Waals surface area contributed by atoms with E-state index < -0.39 is 27.9 Å². The molecule has 9 heteroatoms. The fourth-order valence-electron chi connectivity index (χ4n) is 4.69. The number of likely N-dealkylation sites (tertiary alicyclic amines) is 1. The Morgan fingerprint density at radius 1 is 0.895 bits per heavy atom. The molecule has 0 radical (unpaired) electrons. The molecule has 200 valence electrons. The molecule has 0 aromatic heterocycles. The average molecular weight is 536 g/mol. The molecule has 0 bridgehead atoms. The molecule has 1 atom stereocenters. The van der Waals surface area contributed by atoms with Gasteiger partial charge in [0, 0.05) is 32.1 Å². The Labute approximate surface area is 224 Å². The van der Waals surface area contributed by atoms with Gasteiger partial charge in [-0.1, -0.05) is 48.5 Å². The Morgan fingerprint density at radius 3 is 2.05 bits per heavy atom. The van der Waals surface area contributed by atoms with Crippen molar-refractivity contribution >= 4 is 27.6 Å². The summed E-state index contributed by atoms with van der Waals surface area (Å²) in [6.45, 7) is 2.79. The number of amides is 1. The third-order valence-electron chi connectivity index (χ3n) is 6.90. The second-order valence-electron chi connectivity index (χ2n) is 9.45. The van der Waals surface area contributed by atoms with Crippen molar-refractivity contribution in [2.24, 2.45) is 0 Å². The molecule has 0 unspecified atom stereocenters. The van der Waals surface area contributed by atoms with Crippen molar-refractivity contribution in [1.29, 1.82) is 0 Å². The van der Waals surface area contributed by atoms with Crippen LogP contribution in [-0.4, -0.2) is 74.5 Å². The van der Waals surface area contributed by atoms with E-state index in [0.29, 0.717) is 12.2 Å². The Kier molecular flexibility index (Phi) is 8.81. The zero-order chi connectivity index (χ0) is 27.1. The molecule has 4 rings (SSSR count). The van der Waals surface area contributed by atoms with E-state index in [2.05, 4.69) is 4.90 Å². The number of likely N-dealkylation sites (N-methyl/N-ethyl adjacent to an activating group) is 1. The lowest BCUT2D eigenvalue weighted by atomic mass is 10.0. The zero-order valence-corrected chi connectivity index (χ0v) is 22.3. The van der Waals surface area contributed by atoms with E-state index in [4.69, 9.17) is 0 Å². The minimum absolute atomic E-state index is 0.177. The first-order chi connectivity index (χ1) is 18.3. The lowest BCUT2D eigenvalue weighted by Gasteiger charge is -2.28. The largest absolute Gasteiger partial charge is 0.480 e. The Balaban J connectivity index is 1.56. The first kappa shape index (κ1) is 27.3. The molecule has 1 heterocycles. The second-order valence-corrected chi connectivity index (χ2v) is 11.3. The molecule has 3 aromatic carbocycles. The highest BCUT2D eigenvalue weighted by Gasteiger charge is 2.29. The number of carbonyl (C=O) groups excluding carboxylic acids is 1. The minimum atomic E-state index is -3.82. The molecule has 1 saturated heterocycles. The highest BCUT2D eigenvalue weighted by Crippen LogP contribution is 2.25. The summed E-state index contributed by atoms with van der Waals surface area (Å²) >= 11 is 0. The summed E-state index contributed by atoms with van der Waals surface area (Å²) in [5.74, 6) is -1.54. The number of anilines is 1. The summed E-state index contributed by atoms with van der Waals surface area (Å²) in [4.78, 5) is 28.9. The molecule has 0 aliphatic carbocycles. The van der Waals surface area contributed by atoms with E-state index in [-0.39, 0.29) is 23.4 Å². The molecule has 1 amide bonds. The second kappa shape index (κ2) is 12.2. The van der Waals surface area contributed by atoms with Crippen LogP contribution in [0, 0.1) is 0 Å². The van der Waals surface area contributed by atoms with Crippen molar-refractivity contribution < 1.29 is 23.1 Å². The fourth-order valence-corrected chi connectivity index (χ4v) is 6.17. The predicted molar refractivity (Wildman–Crippen MR) is 147 cm³/mol. The highest BCUT2D eigenvalue weighted by molar-refractivity contribution is 7.92. The van der Waals surface area contributed by atoms with Crippen LogP contribution in [-0.2, 0) is 21.2 Å². The SMILES string of the molecule is CN(C(=O)c1ccc(N(CCN2CCCC2)S(=O)(=O)c2ccccc2)cc1)[C@@H](Cc1ccccc1)C(=O)O. The summed E-state index contributed by atoms with van der Waals surface area (Å²) in [7, 11) is -2.35. The van der Waals surface area contributed by atoms with E-state index in [0.717, 1.165) is 31.5 Å². The van der Waals surface area contributed by atoms with Crippen LogP contribution in [0.15, 0.2) is 89.8 Å². The number of aliphatic carboxylic acids is 1. The molecule has 8 nitrogen and oxygen atoms in total. The van der Waals surface area contributed by atoms with Crippen LogP contribution in [0.25, 0.3) is 0 Å².